The van der Waals surface area contributed by atoms with Crippen LogP contribution in [0.2, 0.25) is 0 Å². The summed E-state index contributed by atoms with van der Waals surface area (Å²) in [5.41, 5.74) is 8.37. The number of hydrogen-bond donors (Lipinski definition) is 0. The molecule has 1 aliphatic carbocycles. The maximum atomic E-state index is 13.6. The summed E-state index contributed by atoms with van der Waals surface area (Å²) < 4.78 is 2.31. The van der Waals surface area contributed by atoms with E-state index < -0.39 is 0 Å². The van der Waals surface area contributed by atoms with Crippen LogP contribution < -0.4 is 0 Å². The number of carbonyl (C=O) groups excluding carboxylic acids is 1. The third-order valence-electron chi connectivity index (χ3n) is 7.26. The number of rotatable bonds is 3. The minimum Gasteiger partial charge on any atom is -0.309 e. The van der Waals surface area contributed by atoms with Crippen molar-refractivity contribution in [3.05, 3.63) is 155 Å². The zero-order valence-corrected chi connectivity index (χ0v) is 19.6. The van der Waals surface area contributed by atoms with E-state index in [1.54, 1.807) is 0 Å². The lowest BCUT2D eigenvalue weighted by Crippen LogP contribution is -2.02. The highest BCUT2D eigenvalue weighted by atomic mass is 16.1. The summed E-state index contributed by atoms with van der Waals surface area (Å²) >= 11 is 0. The van der Waals surface area contributed by atoms with Crippen LogP contribution in [0.3, 0.4) is 0 Å². The van der Waals surface area contributed by atoms with Crippen LogP contribution in [0.15, 0.2) is 133 Å². The Morgan fingerprint density at radius 3 is 2.11 bits per heavy atom. The Balaban J connectivity index is 1.43. The molecule has 0 fully saturated rings. The molecule has 0 saturated heterocycles. The lowest BCUT2D eigenvalue weighted by atomic mass is 9.89. The van der Waals surface area contributed by atoms with Gasteiger partial charge < -0.3 is 4.57 Å². The normalized spacial score (nSPS) is 16.2. The molecular formula is C34H23NO. The predicted octanol–water partition coefficient (Wildman–Crippen LogP) is 8.20. The zero-order valence-electron chi connectivity index (χ0n) is 19.6. The van der Waals surface area contributed by atoms with E-state index in [9.17, 15) is 4.79 Å². The number of allylic oxidation sites excluding steroid dienone is 1. The fraction of sp³-hybridized carbons (Fsp3) is 0.0294. The van der Waals surface area contributed by atoms with Crippen LogP contribution in [-0.2, 0) is 0 Å². The van der Waals surface area contributed by atoms with Gasteiger partial charge in [-0.1, -0.05) is 97.1 Å². The zero-order chi connectivity index (χ0) is 24.1. The first-order chi connectivity index (χ1) is 17.8. The van der Waals surface area contributed by atoms with Crippen molar-refractivity contribution < 1.29 is 4.79 Å². The fourth-order valence-electron chi connectivity index (χ4n) is 5.68. The highest BCUT2D eigenvalue weighted by Gasteiger charge is 2.35. The molecule has 0 radical (unpaired) electrons. The van der Waals surface area contributed by atoms with Crippen molar-refractivity contribution in [2.45, 2.75) is 5.92 Å². The van der Waals surface area contributed by atoms with Crippen molar-refractivity contribution >= 4 is 33.7 Å². The van der Waals surface area contributed by atoms with Gasteiger partial charge in [0.25, 0.3) is 0 Å². The van der Waals surface area contributed by atoms with E-state index in [4.69, 9.17) is 0 Å². The highest BCUT2D eigenvalue weighted by Crippen LogP contribution is 2.43. The van der Waals surface area contributed by atoms with Crippen LogP contribution in [0.25, 0.3) is 33.6 Å². The van der Waals surface area contributed by atoms with E-state index in [0.29, 0.717) is 0 Å². The number of hydrogen-bond acceptors (Lipinski definition) is 1. The molecule has 36 heavy (non-hydrogen) atoms. The molecule has 2 heteroatoms. The van der Waals surface area contributed by atoms with Gasteiger partial charge >= 0.3 is 0 Å². The second-order valence-corrected chi connectivity index (χ2v) is 9.32. The lowest BCUT2D eigenvalue weighted by Gasteiger charge is -2.14. The Bertz CT molecular complexity index is 1790. The number of carbonyl (C=O) groups is 1. The van der Waals surface area contributed by atoms with Gasteiger partial charge in [0, 0.05) is 33.5 Å². The van der Waals surface area contributed by atoms with Crippen LogP contribution in [0, 0.1) is 0 Å². The average molecular weight is 462 g/mol. The van der Waals surface area contributed by atoms with E-state index in [1.807, 2.05) is 42.5 Å². The standard InChI is InChI=1S/C34H23NO/c36-34-28-17-8-7-16-27(28)33(24-11-3-1-4-12-24)30(34)22-23-19-20-32-29(21-23)26-15-9-10-18-31(26)35(32)25-13-5-2-6-14-25/h1-22,33H/b30-22-. The molecule has 0 N–H and O–H groups in total. The van der Waals surface area contributed by atoms with Crippen molar-refractivity contribution in [3.63, 3.8) is 0 Å². The average Bonchev–Trinajstić information content (AvgIpc) is 3.41. The van der Waals surface area contributed by atoms with Gasteiger partial charge in [-0.05, 0) is 53.1 Å². The van der Waals surface area contributed by atoms with Crippen LogP contribution in [0.4, 0.5) is 0 Å². The smallest absolute Gasteiger partial charge is 0.190 e. The summed E-state index contributed by atoms with van der Waals surface area (Å²) in [4.78, 5) is 13.6. The summed E-state index contributed by atoms with van der Waals surface area (Å²) in [7, 11) is 0. The van der Waals surface area contributed by atoms with Crippen molar-refractivity contribution in [3.8, 4) is 5.69 Å². The molecule has 1 aliphatic rings. The molecule has 0 saturated carbocycles. The van der Waals surface area contributed by atoms with E-state index >= 15 is 0 Å². The Morgan fingerprint density at radius 2 is 1.28 bits per heavy atom. The molecule has 2 nitrogen and oxygen atoms in total. The number of ketones is 1. The minimum atomic E-state index is -0.0590. The first kappa shape index (κ1) is 20.7. The fourth-order valence-corrected chi connectivity index (χ4v) is 5.68. The number of para-hydroxylation sites is 2. The van der Waals surface area contributed by atoms with Gasteiger partial charge in [0.1, 0.15) is 0 Å². The molecule has 0 bridgehead atoms. The summed E-state index contributed by atoms with van der Waals surface area (Å²) in [6, 6.07) is 43.9. The number of Topliss-reactive ketones (excluding diaryl/α,β-unsaturated/α-hetero) is 1. The van der Waals surface area contributed by atoms with E-state index in [2.05, 4.69) is 95.6 Å². The number of nitrogens with zero attached hydrogens (tertiary/aromatic N) is 1. The quantitative estimate of drug-likeness (QED) is 0.244. The SMILES string of the molecule is O=C1/C(=C\c2ccc3c(c2)c2ccccc2n3-c2ccccc2)C(c2ccccc2)c2ccccc21. The monoisotopic (exact) mass is 461 g/mol. The summed E-state index contributed by atoms with van der Waals surface area (Å²) in [5, 5.41) is 2.39. The molecule has 1 unspecified atom stereocenters. The summed E-state index contributed by atoms with van der Waals surface area (Å²) in [6.45, 7) is 0. The van der Waals surface area contributed by atoms with Gasteiger partial charge in [0.05, 0.1) is 11.0 Å². The number of benzene rings is 5. The number of aromatic nitrogens is 1. The van der Waals surface area contributed by atoms with E-state index in [1.165, 1.54) is 16.3 Å². The predicted molar refractivity (Wildman–Crippen MR) is 148 cm³/mol. The minimum absolute atomic E-state index is 0.0590. The Kier molecular flexibility index (Phi) is 4.71. The van der Waals surface area contributed by atoms with Gasteiger partial charge in [-0.15, -0.1) is 0 Å². The van der Waals surface area contributed by atoms with Gasteiger partial charge in [-0.2, -0.15) is 0 Å². The third-order valence-corrected chi connectivity index (χ3v) is 7.26. The first-order valence-electron chi connectivity index (χ1n) is 12.3. The van der Waals surface area contributed by atoms with Crippen LogP contribution in [0.1, 0.15) is 33.0 Å². The van der Waals surface area contributed by atoms with E-state index in [-0.39, 0.29) is 11.7 Å². The Morgan fingerprint density at radius 1 is 0.611 bits per heavy atom. The molecule has 6 aromatic rings. The van der Waals surface area contributed by atoms with Crippen molar-refractivity contribution in [1.82, 2.24) is 4.57 Å². The molecular weight excluding hydrogens is 438 g/mol. The maximum absolute atomic E-state index is 13.6. The van der Waals surface area contributed by atoms with E-state index in [0.717, 1.165) is 39.0 Å². The van der Waals surface area contributed by atoms with Crippen molar-refractivity contribution in [1.29, 1.82) is 0 Å². The molecule has 0 spiro atoms. The molecule has 1 aromatic heterocycles. The van der Waals surface area contributed by atoms with Gasteiger partial charge in [-0.3, -0.25) is 4.79 Å². The lowest BCUT2D eigenvalue weighted by molar-refractivity contribution is 0.103. The summed E-state index contributed by atoms with van der Waals surface area (Å²) in [6.07, 6.45) is 2.09. The Labute approximate surface area is 209 Å². The first-order valence-corrected chi connectivity index (χ1v) is 12.3. The second kappa shape index (κ2) is 8.21. The Hall–Kier alpha value is -4.69. The third kappa shape index (κ3) is 3.15. The highest BCUT2D eigenvalue weighted by molar-refractivity contribution is 6.18. The molecule has 1 atom stereocenters. The van der Waals surface area contributed by atoms with Crippen molar-refractivity contribution in [2.24, 2.45) is 0 Å². The number of fused-ring (bicyclic) bond motifs is 4. The molecule has 7 rings (SSSR count). The molecule has 0 amide bonds. The molecule has 0 aliphatic heterocycles. The molecule has 170 valence electrons. The van der Waals surface area contributed by atoms with Crippen LogP contribution in [0.5, 0.6) is 0 Å². The van der Waals surface area contributed by atoms with Gasteiger partial charge in [0.15, 0.2) is 5.78 Å². The summed E-state index contributed by atoms with van der Waals surface area (Å²) in [5.74, 6) is 0.0579. The van der Waals surface area contributed by atoms with Crippen LogP contribution >= 0.6 is 0 Å². The van der Waals surface area contributed by atoms with Crippen molar-refractivity contribution in [2.75, 3.05) is 0 Å². The van der Waals surface area contributed by atoms with Crippen LogP contribution in [-0.4, -0.2) is 10.4 Å². The maximum Gasteiger partial charge on any atom is 0.190 e. The second-order valence-electron chi connectivity index (χ2n) is 9.32. The topological polar surface area (TPSA) is 22.0 Å². The molecule has 1 heterocycles. The largest absolute Gasteiger partial charge is 0.309 e. The van der Waals surface area contributed by atoms with Gasteiger partial charge in [-0.25, -0.2) is 0 Å². The molecule has 5 aromatic carbocycles. The van der Waals surface area contributed by atoms with Gasteiger partial charge in [0.2, 0.25) is 0 Å².